The van der Waals surface area contributed by atoms with Crippen molar-refractivity contribution < 1.29 is 13.9 Å². The average Bonchev–Trinajstić information content (AvgIpc) is 2.71. The summed E-state index contributed by atoms with van der Waals surface area (Å²) in [6, 6.07) is 4.81. The molecule has 0 fully saturated rings. The summed E-state index contributed by atoms with van der Waals surface area (Å²) >= 11 is 2.65. The molecular weight excluding hydrogens is 304 g/mol. The molecule has 3 nitrogen and oxygen atoms in total. The van der Waals surface area contributed by atoms with Crippen LogP contribution >= 0.6 is 11.3 Å². The molecule has 0 aliphatic carbocycles. The van der Waals surface area contributed by atoms with Crippen LogP contribution in [0.4, 0.5) is 4.39 Å². The first-order chi connectivity index (χ1) is 8.11. The number of hydrogen-bond donors (Lipinski definition) is 0. The molecule has 2 aromatic rings. The Morgan fingerprint density at radius 3 is 2.88 bits per heavy atom. The number of ether oxygens (including phenoxy) is 1. The third-order valence-electron chi connectivity index (χ3n) is 2.11. The van der Waals surface area contributed by atoms with Gasteiger partial charge in [-0.1, -0.05) is 0 Å². The van der Waals surface area contributed by atoms with E-state index in [0.717, 1.165) is 15.4 Å². The van der Waals surface area contributed by atoms with Gasteiger partial charge in [0.25, 0.3) is 0 Å². The Morgan fingerprint density at radius 1 is 1.53 bits per heavy atom. The van der Waals surface area contributed by atoms with E-state index in [1.807, 2.05) is 6.07 Å². The van der Waals surface area contributed by atoms with Crippen molar-refractivity contribution in [3.63, 3.8) is 0 Å². The van der Waals surface area contributed by atoms with Crippen LogP contribution in [0.25, 0.3) is 10.6 Å². The number of carbonyl (C=O) groups excluding carboxylic acids is 1. The van der Waals surface area contributed by atoms with Gasteiger partial charge in [0.2, 0.25) is 0 Å². The Labute approximate surface area is 110 Å². The van der Waals surface area contributed by atoms with E-state index in [0.29, 0.717) is 10.6 Å². The molecule has 2 aromatic heterocycles. The fourth-order valence-electron chi connectivity index (χ4n) is 1.31. The van der Waals surface area contributed by atoms with Gasteiger partial charge in [-0.05, 0) is 0 Å². The van der Waals surface area contributed by atoms with Crippen molar-refractivity contribution in [1.82, 2.24) is 4.98 Å². The quantitative estimate of drug-likeness (QED) is 0.613. The van der Waals surface area contributed by atoms with E-state index in [-0.39, 0.29) is 11.8 Å². The van der Waals surface area contributed by atoms with Gasteiger partial charge in [0.05, 0.1) is 0 Å². The minimum atomic E-state index is -0.376. The minimum absolute atomic E-state index is 0.345. The molecule has 0 aliphatic rings. The molecule has 17 heavy (non-hydrogen) atoms. The molecular formula is C11H9AsFNO2S. The van der Waals surface area contributed by atoms with Crippen molar-refractivity contribution >= 4 is 38.5 Å². The SMILES string of the molecule is COC(=O)c1sc(-c2ccc(F)cn2)cc1[AsH2]. The Hall–Kier alpha value is -1.19. The number of methoxy groups -OCH3 is 1. The number of halogens is 1. The maximum atomic E-state index is 12.7. The van der Waals surface area contributed by atoms with Gasteiger partial charge < -0.3 is 0 Å². The molecule has 0 amide bonds. The molecule has 0 saturated carbocycles. The van der Waals surface area contributed by atoms with Crippen molar-refractivity contribution in [2.45, 2.75) is 0 Å². The van der Waals surface area contributed by atoms with Gasteiger partial charge in [-0.15, -0.1) is 0 Å². The molecule has 88 valence electrons. The molecule has 1 unspecified atom stereocenters. The van der Waals surface area contributed by atoms with Crippen LogP contribution < -0.4 is 4.35 Å². The Balaban J connectivity index is 2.41. The van der Waals surface area contributed by atoms with Crippen molar-refractivity contribution in [2.75, 3.05) is 7.11 Å². The zero-order valence-corrected chi connectivity index (χ0v) is 12.2. The van der Waals surface area contributed by atoms with E-state index in [1.54, 1.807) is 6.07 Å². The van der Waals surface area contributed by atoms with Crippen LogP contribution in [-0.2, 0) is 4.74 Å². The normalized spacial score (nSPS) is 10.3. The molecule has 0 aromatic carbocycles. The summed E-state index contributed by atoms with van der Waals surface area (Å²) < 4.78 is 18.3. The third-order valence-corrected chi connectivity index (χ3v) is 4.66. The summed E-state index contributed by atoms with van der Waals surface area (Å²) in [5.74, 6) is -0.720. The van der Waals surface area contributed by atoms with Gasteiger partial charge in [0.15, 0.2) is 0 Å². The van der Waals surface area contributed by atoms with E-state index in [9.17, 15) is 9.18 Å². The summed E-state index contributed by atoms with van der Waals surface area (Å²) in [6.45, 7) is 0. The second-order valence-electron chi connectivity index (χ2n) is 3.25. The van der Waals surface area contributed by atoms with Gasteiger partial charge in [0, 0.05) is 0 Å². The monoisotopic (exact) mass is 313 g/mol. The number of pyridine rings is 1. The molecule has 2 rings (SSSR count). The first-order valence-corrected chi connectivity index (χ1v) is 6.74. The van der Waals surface area contributed by atoms with Gasteiger partial charge in [-0.2, -0.15) is 0 Å². The van der Waals surface area contributed by atoms with E-state index >= 15 is 0 Å². The number of carbonyl (C=O) groups is 1. The Morgan fingerprint density at radius 2 is 2.29 bits per heavy atom. The molecule has 0 spiro atoms. The van der Waals surface area contributed by atoms with Crippen LogP contribution in [-0.4, -0.2) is 34.9 Å². The molecule has 0 aliphatic heterocycles. The van der Waals surface area contributed by atoms with Crippen LogP contribution in [0.1, 0.15) is 9.67 Å². The van der Waals surface area contributed by atoms with Gasteiger partial charge >= 0.3 is 110 Å². The van der Waals surface area contributed by atoms with E-state index in [1.165, 1.54) is 41.4 Å². The first kappa shape index (κ1) is 12.3. The van der Waals surface area contributed by atoms with Crippen LogP contribution in [0.5, 0.6) is 0 Å². The Bertz CT molecular complexity index is 553. The molecule has 0 bridgehead atoms. The number of nitrogens with zero attached hydrogens (tertiary/aromatic N) is 1. The number of esters is 1. The zero-order valence-electron chi connectivity index (χ0n) is 8.94. The van der Waals surface area contributed by atoms with Gasteiger partial charge in [-0.25, -0.2) is 0 Å². The van der Waals surface area contributed by atoms with E-state index in [2.05, 4.69) is 9.72 Å². The molecule has 0 radical (unpaired) electrons. The summed E-state index contributed by atoms with van der Waals surface area (Å²) in [5.41, 5.74) is 0.658. The van der Waals surface area contributed by atoms with Gasteiger partial charge in [-0.3, -0.25) is 0 Å². The standard InChI is InChI=1S/C11H9AsFNO2S/c1-16-11(15)10-7(12)4-9(17-10)8-3-2-6(13)5-14-8/h2-5H,12H2,1H3. The molecule has 6 heteroatoms. The van der Waals surface area contributed by atoms with Crippen molar-refractivity contribution in [3.8, 4) is 10.6 Å². The van der Waals surface area contributed by atoms with Crippen molar-refractivity contribution in [3.05, 3.63) is 35.1 Å². The van der Waals surface area contributed by atoms with Crippen LogP contribution in [0, 0.1) is 5.82 Å². The van der Waals surface area contributed by atoms with E-state index in [4.69, 9.17) is 0 Å². The maximum absolute atomic E-state index is 12.7. The number of aromatic nitrogens is 1. The van der Waals surface area contributed by atoms with Crippen LogP contribution in [0.2, 0.25) is 0 Å². The topological polar surface area (TPSA) is 39.2 Å². The summed E-state index contributed by atoms with van der Waals surface area (Å²) in [6.07, 6.45) is 1.16. The number of thiophene rings is 1. The fourth-order valence-corrected chi connectivity index (χ4v) is 3.50. The zero-order chi connectivity index (χ0) is 12.4. The summed E-state index contributed by atoms with van der Waals surface area (Å²) in [5, 5.41) is 0. The first-order valence-electron chi connectivity index (χ1n) is 4.71. The number of hydrogen-bond acceptors (Lipinski definition) is 4. The van der Waals surface area contributed by atoms with Crippen LogP contribution in [0.15, 0.2) is 24.4 Å². The van der Waals surface area contributed by atoms with Crippen molar-refractivity contribution in [2.24, 2.45) is 0 Å². The number of rotatable bonds is 2. The molecule has 1 atom stereocenters. The molecule has 0 N–H and O–H groups in total. The predicted molar refractivity (Wildman–Crippen MR) is 67.0 cm³/mol. The Kier molecular flexibility index (Phi) is 3.60. The summed E-state index contributed by atoms with van der Waals surface area (Å²) in [7, 11) is 1.35. The van der Waals surface area contributed by atoms with Crippen LogP contribution in [0.3, 0.4) is 0 Å². The molecule has 2 heterocycles. The average molecular weight is 313 g/mol. The van der Waals surface area contributed by atoms with Gasteiger partial charge in [0.1, 0.15) is 0 Å². The summed E-state index contributed by atoms with van der Waals surface area (Å²) in [4.78, 5) is 16.8. The van der Waals surface area contributed by atoms with E-state index < -0.39 is 0 Å². The third kappa shape index (κ3) is 2.56. The predicted octanol–water partition coefficient (Wildman–Crippen LogP) is 0.994. The fraction of sp³-hybridized carbons (Fsp3) is 0.0909. The van der Waals surface area contributed by atoms with Crippen molar-refractivity contribution in [1.29, 1.82) is 0 Å². The second kappa shape index (κ2) is 4.98. The molecule has 0 saturated heterocycles. The second-order valence-corrected chi connectivity index (χ2v) is 5.61.